The van der Waals surface area contributed by atoms with Crippen LogP contribution in [0.4, 0.5) is 17.1 Å². The Hall–Kier alpha value is -3.74. The van der Waals surface area contributed by atoms with Gasteiger partial charge < -0.3 is 5.11 Å². The molecule has 1 N–H and O–H groups in total. The van der Waals surface area contributed by atoms with Crippen molar-refractivity contribution in [3.05, 3.63) is 119 Å². The van der Waals surface area contributed by atoms with Gasteiger partial charge in [-0.3, -0.25) is 19.4 Å². The average Bonchev–Trinajstić information content (AvgIpc) is 3.27. The van der Waals surface area contributed by atoms with Crippen molar-refractivity contribution in [1.29, 1.82) is 0 Å². The van der Waals surface area contributed by atoms with Gasteiger partial charge in [0.25, 0.3) is 5.91 Å². The highest BCUT2D eigenvalue weighted by Crippen LogP contribution is 2.44. The molecule has 1 aliphatic heterocycles. The molecular formula is C28H21ClN2O3S. The molecule has 1 atom stereocenters. The van der Waals surface area contributed by atoms with Gasteiger partial charge in [-0.05, 0) is 66.2 Å². The third-order valence-corrected chi connectivity index (χ3v) is 7.22. The molecule has 1 heterocycles. The first kappa shape index (κ1) is 23.0. The molecule has 5 rings (SSSR count). The van der Waals surface area contributed by atoms with Crippen LogP contribution >= 0.6 is 23.4 Å². The van der Waals surface area contributed by atoms with E-state index in [0.29, 0.717) is 27.7 Å². The molecule has 4 aromatic rings. The first-order valence-corrected chi connectivity index (χ1v) is 12.4. The number of amides is 2. The summed E-state index contributed by atoms with van der Waals surface area (Å²) in [7, 11) is 0. The van der Waals surface area contributed by atoms with Gasteiger partial charge >= 0.3 is 0 Å². The third kappa shape index (κ3) is 4.63. The van der Waals surface area contributed by atoms with Crippen molar-refractivity contribution in [2.75, 3.05) is 15.6 Å². The van der Waals surface area contributed by atoms with Crippen LogP contribution < -0.4 is 9.80 Å². The second-order valence-electron chi connectivity index (χ2n) is 7.99. The number of benzene rings is 4. The largest absolute Gasteiger partial charge is 0.506 e. The van der Waals surface area contributed by atoms with E-state index in [4.69, 9.17) is 11.6 Å². The number of phenols is 1. The smallest absolute Gasteiger partial charge is 0.262 e. The summed E-state index contributed by atoms with van der Waals surface area (Å²) < 4.78 is 0. The minimum atomic E-state index is -0.290. The van der Waals surface area contributed by atoms with E-state index in [0.717, 1.165) is 11.3 Å². The van der Waals surface area contributed by atoms with E-state index in [1.54, 1.807) is 58.3 Å². The molecule has 0 aliphatic carbocycles. The number of nitrogens with zero attached hydrogens (tertiary/aromatic N) is 2. The van der Waals surface area contributed by atoms with E-state index < -0.39 is 0 Å². The van der Waals surface area contributed by atoms with Gasteiger partial charge in [0, 0.05) is 22.0 Å². The highest BCUT2D eigenvalue weighted by molar-refractivity contribution is 8.00. The predicted molar refractivity (Wildman–Crippen MR) is 142 cm³/mol. The van der Waals surface area contributed by atoms with E-state index in [2.05, 4.69) is 0 Å². The molecule has 0 aromatic heterocycles. The molecule has 0 saturated carbocycles. The van der Waals surface area contributed by atoms with E-state index in [1.807, 2.05) is 54.6 Å². The summed E-state index contributed by atoms with van der Waals surface area (Å²) >= 11 is 7.55. The molecule has 2 amide bonds. The molecule has 4 aromatic carbocycles. The molecule has 0 radical (unpaired) electrons. The number of halogens is 1. The molecule has 7 heteroatoms. The number of aromatic hydroxyl groups is 1. The zero-order valence-corrected chi connectivity index (χ0v) is 20.1. The van der Waals surface area contributed by atoms with Gasteiger partial charge in [0.05, 0.1) is 11.4 Å². The van der Waals surface area contributed by atoms with E-state index in [9.17, 15) is 14.7 Å². The topological polar surface area (TPSA) is 60.9 Å². The fraction of sp³-hybridized carbons (Fsp3) is 0.0714. The molecule has 1 unspecified atom stereocenters. The predicted octanol–water partition coefficient (Wildman–Crippen LogP) is 6.80. The van der Waals surface area contributed by atoms with E-state index in [-0.39, 0.29) is 22.9 Å². The van der Waals surface area contributed by atoms with Gasteiger partial charge in [0.2, 0.25) is 5.91 Å². The van der Waals surface area contributed by atoms with Gasteiger partial charge in [-0.15, -0.1) is 11.8 Å². The highest BCUT2D eigenvalue weighted by Gasteiger charge is 2.35. The minimum Gasteiger partial charge on any atom is -0.506 e. The van der Waals surface area contributed by atoms with Crippen LogP contribution in [0.2, 0.25) is 5.02 Å². The fourth-order valence-corrected chi connectivity index (χ4v) is 5.36. The van der Waals surface area contributed by atoms with Crippen molar-refractivity contribution in [1.82, 2.24) is 0 Å². The number of carbonyl (C=O) groups excluding carboxylic acids is 2. The maximum Gasteiger partial charge on any atom is 0.262 e. The van der Waals surface area contributed by atoms with Crippen LogP contribution in [0.15, 0.2) is 103 Å². The van der Waals surface area contributed by atoms with E-state index >= 15 is 0 Å². The molecule has 1 aliphatic rings. The summed E-state index contributed by atoms with van der Waals surface area (Å²) in [6.45, 7) is 0. The zero-order chi connectivity index (χ0) is 24.4. The first-order valence-electron chi connectivity index (χ1n) is 11.0. The first-order chi connectivity index (χ1) is 17.0. The maximum absolute atomic E-state index is 13.6. The van der Waals surface area contributed by atoms with Crippen LogP contribution in [-0.2, 0) is 4.79 Å². The van der Waals surface area contributed by atoms with Crippen molar-refractivity contribution in [2.24, 2.45) is 0 Å². The monoisotopic (exact) mass is 500 g/mol. The van der Waals surface area contributed by atoms with Crippen LogP contribution in [0.3, 0.4) is 0 Å². The summed E-state index contributed by atoms with van der Waals surface area (Å²) in [6, 6.07) is 30.7. The van der Waals surface area contributed by atoms with Crippen molar-refractivity contribution >= 4 is 52.2 Å². The molecule has 1 fully saturated rings. The van der Waals surface area contributed by atoms with Crippen molar-refractivity contribution in [3.8, 4) is 5.75 Å². The maximum atomic E-state index is 13.6. The molecule has 5 nitrogen and oxygen atoms in total. The lowest BCUT2D eigenvalue weighted by atomic mass is 10.1. The number of thioether (sulfide) groups is 1. The summed E-state index contributed by atoms with van der Waals surface area (Å²) in [5, 5.41) is 10.6. The van der Waals surface area contributed by atoms with Crippen molar-refractivity contribution < 1.29 is 14.7 Å². The Labute approximate surface area is 212 Å². The number of para-hydroxylation sites is 3. The number of anilines is 3. The molecule has 174 valence electrons. The number of rotatable bonds is 5. The van der Waals surface area contributed by atoms with Gasteiger partial charge in [-0.2, -0.15) is 0 Å². The fourth-order valence-electron chi connectivity index (χ4n) is 4.07. The molecule has 0 bridgehead atoms. The summed E-state index contributed by atoms with van der Waals surface area (Å²) in [5.41, 5.74) is 3.31. The van der Waals surface area contributed by atoms with Gasteiger partial charge in [-0.1, -0.05) is 54.1 Å². The Kier molecular flexibility index (Phi) is 6.49. The number of hydrogen-bond acceptors (Lipinski definition) is 4. The van der Waals surface area contributed by atoms with Crippen molar-refractivity contribution in [2.45, 2.75) is 5.37 Å². The molecule has 0 spiro atoms. The van der Waals surface area contributed by atoms with E-state index in [1.165, 1.54) is 11.8 Å². The Morgan fingerprint density at radius 1 is 0.857 bits per heavy atom. The third-order valence-electron chi connectivity index (χ3n) is 5.75. The van der Waals surface area contributed by atoms with Gasteiger partial charge in [0.1, 0.15) is 11.1 Å². The number of phenolic OH excluding ortho intramolecular Hbond substituents is 1. The Balaban J connectivity index is 1.46. The SMILES string of the molecule is O=C(c1ccc(C2SCC(=O)N2c2ccccc2O)cc1)N(c1ccccc1)c1ccc(Cl)cc1. The second kappa shape index (κ2) is 9.86. The lowest BCUT2D eigenvalue weighted by molar-refractivity contribution is -0.115. The highest BCUT2D eigenvalue weighted by atomic mass is 35.5. The molecular weight excluding hydrogens is 480 g/mol. The van der Waals surface area contributed by atoms with Crippen LogP contribution in [0.5, 0.6) is 5.75 Å². The molecule has 1 saturated heterocycles. The molecule has 35 heavy (non-hydrogen) atoms. The number of carbonyl (C=O) groups is 2. The van der Waals surface area contributed by atoms with Crippen LogP contribution in [0, 0.1) is 0 Å². The van der Waals surface area contributed by atoms with Crippen molar-refractivity contribution in [3.63, 3.8) is 0 Å². The van der Waals surface area contributed by atoms with Crippen LogP contribution in [0.25, 0.3) is 0 Å². The minimum absolute atomic E-state index is 0.0571. The normalized spacial score (nSPS) is 15.3. The van der Waals surface area contributed by atoms with Crippen LogP contribution in [0.1, 0.15) is 21.3 Å². The number of hydrogen-bond donors (Lipinski definition) is 1. The summed E-state index contributed by atoms with van der Waals surface area (Å²) in [4.78, 5) is 29.5. The van der Waals surface area contributed by atoms with Gasteiger partial charge in [0.15, 0.2) is 0 Å². The average molecular weight is 501 g/mol. The lowest BCUT2D eigenvalue weighted by Gasteiger charge is -2.26. The lowest BCUT2D eigenvalue weighted by Crippen LogP contribution is -2.28. The Bertz CT molecular complexity index is 1360. The Morgan fingerprint density at radius 3 is 2.17 bits per heavy atom. The van der Waals surface area contributed by atoms with Crippen LogP contribution in [-0.4, -0.2) is 22.7 Å². The standard InChI is InChI=1S/C28H21ClN2O3S/c29-21-14-16-23(17-15-21)30(22-6-2-1-3-7-22)27(34)19-10-12-20(13-11-19)28-31(26(33)18-35-28)24-8-4-5-9-25(24)32/h1-17,28,32H,18H2. The summed E-state index contributed by atoms with van der Waals surface area (Å²) in [5.74, 6) is 0.122. The van der Waals surface area contributed by atoms with Gasteiger partial charge in [-0.25, -0.2) is 0 Å². The quantitative estimate of drug-likeness (QED) is 0.327. The Morgan fingerprint density at radius 2 is 1.49 bits per heavy atom. The summed E-state index contributed by atoms with van der Waals surface area (Å²) in [6.07, 6.45) is 0. The zero-order valence-electron chi connectivity index (χ0n) is 18.5. The second-order valence-corrected chi connectivity index (χ2v) is 9.50.